The molecule has 0 aromatic heterocycles. The lowest BCUT2D eigenvalue weighted by atomic mass is 10.3. The van der Waals surface area contributed by atoms with E-state index in [0.29, 0.717) is 13.0 Å². The second kappa shape index (κ2) is 2.77. The van der Waals surface area contributed by atoms with Crippen LogP contribution in [0.1, 0.15) is 13.3 Å². The van der Waals surface area contributed by atoms with E-state index in [1.54, 1.807) is 6.92 Å². The molecule has 1 aliphatic heterocycles. The molecule has 0 N–H and O–H groups in total. The van der Waals surface area contributed by atoms with E-state index in [4.69, 9.17) is 4.74 Å². The first-order valence-corrected chi connectivity index (χ1v) is 4.05. The first-order valence-electron chi connectivity index (χ1n) is 2.91. The quantitative estimate of drug-likeness (QED) is 0.495. The van der Waals surface area contributed by atoms with Crippen molar-refractivity contribution in [1.29, 1.82) is 0 Å². The van der Waals surface area contributed by atoms with Gasteiger partial charge in [0.2, 0.25) is 0 Å². The van der Waals surface area contributed by atoms with Crippen LogP contribution in [0.25, 0.3) is 0 Å². The molecule has 1 rings (SSSR count). The molecule has 9 heavy (non-hydrogen) atoms. The lowest BCUT2D eigenvalue weighted by Gasteiger charge is -2.15. The lowest BCUT2D eigenvalue weighted by Crippen LogP contribution is -2.22. The Hall–Kier alpha value is 0.0700. The van der Waals surface area contributed by atoms with Crippen molar-refractivity contribution in [1.82, 2.24) is 0 Å². The summed E-state index contributed by atoms with van der Waals surface area (Å²) < 4.78 is 25.7. The second-order valence-electron chi connectivity index (χ2n) is 2.16. The van der Waals surface area contributed by atoms with Gasteiger partial charge < -0.3 is 9.29 Å². The molecule has 0 aromatic rings. The Morgan fingerprint density at radius 2 is 2.44 bits per heavy atom. The molecule has 0 aliphatic carbocycles. The normalized spacial score (nSPS) is 38.9. The Morgan fingerprint density at radius 3 is 2.67 bits per heavy atom. The van der Waals surface area contributed by atoms with Gasteiger partial charge in [0.15, 0.2) is 0 Å². The van der Waals surface area contributed by atoms with E-state index >= 15 is 0 Å². The summed E-state index contributed by atoms with van der Waals surface area (Å²) in [5.74, 6) is 0. The minimum absolute atomic E-state index is 0.108. The molecule has 1 saturated heterocycles. The summed E-state index contributed by atoms with van der Waals surface area (Å²) >= 11 is -1.95. The average Bonchev–Trinajstić information content (AvgIpc) is 2.13. The van der Waals surface area contributed by atoms with Crippen LogP contribution in [0.4, 0.5) is 0 Å². The van der Waals surface area contributed by atoms with Crippen molar-refractivity contribution >= 4 is 11.1 Å². The van der Waals surface area contributed by atoms with E-state index in [2.05, 4.69) is 0 Å². The summed E-state index contributed by atoms with van der Waals surface area (Å²) in [4.78, 5) is 0. The van der Waals surface area contributed by atoms with Crippen LogP contribution >= 0.6 is 0 Å². The molecular formula is C5H9O3S-. The number of hydrogen-bond acceptors (Lipinski definition) is 3. The topological polar surface area (TPSA) is 49.4 Å². The molecule has 0 spiro atoms. The van der Waals surface area contributed by atoms with E-state index in [0.717, 1.165) is 0 Å². The molecule has 54 valence electrons. The maximum Gasteiger partial charge on any atom is 0.0680 e. The molecule has 0 saturated carbocycles. The SMILES string of the molecule is CC1OCCC1S(=O)[O-]. The van der Waals surface area contributed by atoms with Gasteiger partial charge in [-0.15, -0.1) is 0 Å². The Balaban J connectivity index is 2.49. The van der Waals surface area contributed by atoms with Crippen LogP contribution in [0.3, 0.4) is 0 Å². The van der Waals surface area contributed by atoms with Gasteiger partial charge in [-0.3, -0.25) is 4.21 Å². The smallest absolute Gasteiger partial charge is 0.0680 e. The first kappa shape index (κ1) is 7.18. The van der Waals surface area contributed by atoms with E-state index in [-0.39, 0.29) is 11.4 Å². The predicted octanol–water partition coefficient (Wildman–Crippen LogP) is 0.0429. The Labute approximate surface area is 56.7 Å². The molecule has 4 heteroatoms. The van der Waals surface area contributed by atoms with Gasteiger partial charge in [-0.2, -0.15) is 0 Å². The molecule has 0 aromatic carbocycles. The third-order valence-corrected chi connectivity index (χ3v) is 2.67. The van der Waals surface area contributed by atoms with Gasteiger partial charge in [0.05, 0.1) is 6.10 Å². The average molecular weight is 149 g/mol. The summed E-state index contributed by atoms with van der Waals surface area (Å²) in [7, 11) is 0. The van der Waals surface area contributed by atoms with Crippen LogP contribution in [-0.4, -0.2) is 26.7 Å². The summed E-state index contributed by atoms with van der Waals surface area (Å²) in [6, 6.07) is 0. The van der Waals surface area contributed by atoms with Crippen molar-refractivity contribution in [3.63, 3.8) is 0 Å². The molecule has 0 bridgehead atoms. The van der Waals surface area contributed by atoms with Crippen LogP contribution in [0.5, 0.6) is 0 Å². The zero-order chi connectivity index (χ0) is 6.85. The molecule has 0 amide bonds. The second-order valence-corrected chi connectivity index (χ2v) is 3.29. The molecule has 3 atom stereocenters. The molecule has 1 aliphatic rings. The van der Waals surface area contributed by atoms with E-state index < -0.39 is 11.1 Å². The van der Waals surface area contributed by atoms with Crippen molar-refractivity contribution in [2.75, 3.05) is 6.61 Å². The zero-order valence-corrected chi connectivity index (χ0v) is 6.02. The summed E-state index contributed by atoms with van der Waals surface area (Å²) in [5, 5.41) is -0.273. The van der Waals surface area contributed by atoms with Crippen molar-refractivity contribution < 1.29 is 13.5 Å². The summed E-state index contributed by atoms with van der Waals surface area (Å²) in [6.07, 6.45) is 0.542. The Kier molecular flexibility index (Phi) is 2.21. The molecule has 3 nitrogen and oxygen atoms in total. The fraction of sp³-hybridized carbons (Fsp3) is 1.00. The predicted molar refractivity (Wildman–Crippen MR) is 32.7 cm³/mol. The van der Waals surface area contributed by atoms with E-state index in [1.165, 1.54) is 0 Å². The van der Waals surface area contributed by atoms with Gasteiger partial charge in [0.1, 0.15) is 0 Å². The lowest BCUT2D eigenvalue weighted by molar-refractivity contribution is 0.126. The van der Waals surface area contributed by atoms with Gasteiger partial charge in [0.25, 0.3) is 0 Å². The highest BCUT2D eigenvalue weighted by molar-refractivity contribution is 7.79. The first-order chi connectivity index (χ1) is 4.22. The minimum Gasteiger partial charge on any atom is -0.772 e. The fourth-order valence-corrected chi connectivity index (χ4v) is 1.65. The molecule has 3 unspecified atom stereocenters. The standard InChI is InChI=1S/C5H10O3S/c1-4-5(9(6)7)2-3-8-4/h4-5H,2-3H2,1H3,(H,6,7)/p-1. The minimum atomic E-state index is -1.95. The van der Waals surface area contributed by atoms with Crippen LogP contribution in [0.15, 0.2) is 0 Å². The summed E-state index contributed by atoms with van der Waals surface area (Å²) in [6.45, 7) is 2.37. The largest absolute Gasteiger partial charge is 0.772 e. The summed E-state index contributed by atoms with van der Waals surface area (Å²) in [5.41, 5.74) is 0. The van der Waals surface area contributed by atoms with Gasteiger partial charge in [-0.05, 0) is 24.4 Å². The van der Waals surface area contributed by atoms with Crippen molar-refractivity contribution in [3.8, 4) is 0 Å². The maximum absolute atomic E-state index is 10.3. The van der Waals surface area contributed by atoms with Crippen molar-refractivity contribution in [2.45, 2.75) is 24.7 Å². The van der Waals surface area contributed by atoms with Gasteiger partial charge in [-0.1, -0.05) is 0 Å². The highest BCUT2D eigenvalue weighted by atomic mass is 32.2. The van der Waals surface area contributed by atoms with Crippen LogP contribution in [0.2, 0.25) is 0 Å². The molecule has 1 heterocycles. The number of hydrogen-bond donors (Lipinski definition) is 0. The zero-order valence-electron chi connectivity index (χ0n) is 5.20. The third-order valence-electron chi connectivity index (χ3n) is 1.55. The molecule has 0 radical (unpaired) electrons. The van der Waals surface area contributed by atoms with Crippen LogP contribution < -0.4 is 0 Å². The van der Waals surface area contributed by atoms with Crippen LogP contribution in [0, 0.1) is 0 Å². The highest BCUT2D eigenvalue weighted by Crippen LogP contribution is 2.16. The number of ether oxygens (including phenoxy) is 1. The third kappa shape index (κ3) is 1.50. The fourth-order valence-electron chi connectivity index (χ4n) is 0.965. The number of rotatable bonds is 1. The highest BCUT2D eigenvalue weighted by Gasteiger charge is 2.24. The van der Waals surface area contributed by atoms with Gasteiger partial charge in [-0.25, -0.2) is 0 Å². The Morgan fingerprint density at radius 1 is 1.78 bits per heavy atom. The molecule has 1 fully saturated rings. The van der Waals surface area contributed by atoms with E-state index in [1.807, 2.05) is 0 Å². The van der Waals surface area contributed by atoms with Gasteiger partial charge >= 0.3 is 0 Å². The Bertz CT molecular complexity index is 125. The van der Waals surface area contributed by atoms with Gasteiger partial charge in [0, 0.05) is 11.9 Å². The van der Waals surface area contributed by atoms with Crippen molar-refractivity contribution in [2.24, 2.45) is 0 Å². The monoisotopic (exact) mass is 149 g/mol. The maximum atomic E-state index is 10.3. The van der Waals surface area contributed by atoms with Crippen molar-refractivity contribution in [3.05, 3.63) is 0 Å². The van der Waals surface area contributed by atoms with E-state index in [9.17, 15) is 8.76 Å². The van der Waals surface area contributed by atoms with Crippen LogP contribution in [-0.2, 0) is 15.8 Å². The molecular weight excluding hydrogens is 140 g/mol.